The summed E-state index contributed by atoms with van der Waals surface area (Å²) in [5.41, 5.74) is 1.51. The van der Waals surface area contributed by atoms with Crippen molar-refractivity contribution in [1.82, 2.24) is 15.2 Å². The molecule has 19 heavy (non-hydrogen) atoms. The molecular weight excluding hydrogens is 265 g/mol. The summed E-state index contributed by atoms with van der Waals surface area (Å²) in [6.45, 7) is 5.42. The fourth-order valence-corrected chi connectivity index (χ4v) is 3.33. The predicted octanol–water partition coefficient (Wildman–Crippen LogP) is 2.22. The highest BCUT2D eigenvalue weighted by atomic mass is 35.5. The Labute approximate surface area is 120 Å². The molecule has 2 saturated heterocycles. The number of aromatic nitrogens is 1. The lowest BCUT2D eigenvalue weighted by Crippen LogP contribution is -2.38. The summed E-state index contributed by atoms with van der Waals surface area (Å²) in [7, 11) is 0. The van der Waals surface area contributed by atoms with Crippen molar-refractivity contribution in [1.29, 1.82) is 0 Å². The molecule has 2 aliphatic heterocycles. The van der Waals surface area contributed by atoms with Crippen molar-refractivity contribution in [3.8, 4) is 0 Å². The number of nitrogens with one attached hydrogen (secondary N) is 1. The third-order valence-electron chi connectivity index (χ3n) is 4.35. The van der Waals surface area contributed by atoms with Gasteiger partial charge in [-0.15, -0.1) is 12.4 Å². The van der Waals surface area contributed by atoms with Gasteiger partial charge in [0.1, 0.15) is 5.82 Å². The van der Waals surface area contributed by atoms with Crippen LogP contribution in [0.15, 0.2) is 18.5 Å². The van der Waals surface area contributed by atoms with E-state index in [1.54, 1.807) is 12.3 Å². The van der Waals surface area contributed by atoms with E-state index in [2.05, 4.69) is 15.2 Å². The molecule has 3 rings (SSSR count). The monoisotopic (exact) mass is 285 g/mol. The summed E-state index contributed by atoms with van der Waals surface area (Å²) >= 11 is 0. The van der Waals surface area contributed by atoms with Crippen LogP contribution in [0, 0.1) is 11.2 Å². The summed E-state index contributed by atoms with van der Waals surface area (Å²) < 4.78 is 13.1. The molecule has 0 amide bonds. The summed E-state index contributed by atoms with van der Waals surface area (Å²) in [6, 6.07) is 1.60. The minimum atomic E-state index is -0.233. The Balaban J connectivity index is 0.00000133. The van der Waals surface area contributed by atoms with E-state index in [4.69, 9.17) is 0 Å². The number of likely N-dealkylation sites (tertiary alicyclic amines) is 1. The number of halogens is 2. The summed E-state index contributed by atoms with van der Waals surface area (Å²) in [4.78, 5) is 6.36. The Bertz CT molecular complexity index is 421. The normalized spacial score (nSPS) is 22.4. The van der Waals surface area contributed by atoms with E-state index in [1.807, 2.05) is 0 Å². The van der Waals surface area contributed by atoms with Gasteiger partial charge in [0.25, 0.3) is 0 Å². The maximum absolute atomic E-state index is 13.1. The first-order chi connectivity index (χ1) is 8.76. The molecule has 3 heterocycles. The van der Waals surface area contributed by atoms with Crippen molar-refractivity contribution in [3.63, 3.8) is 0 Å². The molecule has 0 saturated carbocycles. The van der Waals surface area contributed by atoms with Gasteiger partial charge in [-0.25, -0.2) is 4.39 Å². The van der Waals surface area contributed by atoms with Gasteiger partial charge in [-0.1, -0.05) is 0 Å². The molecule has 1 aromatic heterocycles. The molecule has 2 aliphatic rings. The average Bonchev–Trinajstić information content (AvgIpc) is 2.73. The van der Waals surface area contributed by atoms with Crippen molar-refractivity contribution in [2.45, 2.75) is 25.8 Å². The van der Waals surface area contributed by atoms with Crippen molar-refractivity contribution in [3.05, 3.63) is 29.8 Å². The Hall–Kier alpha value is -0.710. The van der Waals surface area contributed by atoms with E-state index in [9.17, 15) is 4.39 Å². The minimum Gasteiger partial charge on any atom is -0.317 e. The van der Waals surface area contributed by atoms with Crippen molar-refractivity contribution < 1.29 is 4.39 Å². The quantitative estimate of drug-likeness (QED) is 0.903. The van der Waals surface area contributed by atoms with Gasteiger partial charge in [0.2, 0.25) is 0 Å². The van der Waals surface area contributed by atoms with Gasteiger partial charge < -0.3 is 5.32 Å². The van der Waals surface area contributed by atoms with Crippen LogP contribution in [0.2, 0.25) is 0 Å². The van der Waals surface area contributed by atoms with Crippen LogP contribution in [-0.2, 0) is 6.54 Å². The van der Waals surface area contributed by atoms with Crippen LogP contribution in [0.5, 0.6) is 0 Å². The van der Waals surface area contributed by atoms with E-state index in [0.29, 0.717) is 5.41 Å². The Kier molecular flexibility index (Phi) is 4.76. The second kappa shape index (κ2) is 6.16. The van der Waals surface area contributed by atoms with E-state index in [0.717, 1.165) is 38.3 Å². The van der Waals surface area contributed by atoms with E-state index >= 15 is 0 Å². The maximum atomic E-state index is 13.1. The second-order valence-electron chi connectivity index (χ2n) is 5.72. The standard InChI is InChI=1S/C14H20FN3.ClH/c15-13-7-12(8-17-9-13)10-18-6-3-14(11-18)1-4-16-5-2-14;/h7-9,16H,1-6,10-11H2;1H. The lowest BCUT2D eigenvalue weighted by molar-refractivity contribution is 0.194. The third kappa shape index (κ3) is 3.44. The van der Waals surface area contributed by atoms with Crippen molar-refractivity contribution in [2.24, 2.45) is 5.41 Å². The molecule has 106 valence electrons. The van der Waals surface area contributed by atoms with Crippen LogP contribution in [0.1, 0.15) is 24.8 Å². The average molecular weight is 286 g/mol. The zero-order valence-electron chi connectivity index (χ0n) is 11.1. The van der Waals surface area contributed by atoms with Gasteiger partial charge in [0.05, 0.1) is 6.20 Å². The number of nitrogens with zero attached hydrogens (tertiary/aromatic N) is 2. The van der Waals surface area contributed by atoms with Crippen LogP contribution in [0.3, 0.4) is 0 Å². The fraction of sp³-hybridized carbons (Fsp3) is 0.643. The second-order valence-corrected chi connectivity index (χ2v) is 5.72. The van der Waals surface area contributed by atoms with E-state index < -0.39 is 0 Å². The first-order valence-corrected chi connectivity index (χ1v) is 6.78. The fourth-order valence-electron chi connectivity index (χ4n) is 3.33. The molecule has 0 radical (unpaired) electrons. The topological polar surface area (TPSA) is 28.2 Å². The summed E-state index contributed by atoms with van der Waals surface area (Å²) in [6.07, 6.45) is 6.89. The number of rotatable bonds is 2. The Morgan fingerprint density at radius 1 is 1.26 bits per heavy atom. The van der Waals surface area contributed by atoms with Crippen LogP contribution in [-0.4, -0.2) is 36.1 Å². The lowest BCUT2D eigenvalue weighted by atomic mass is 9.78. The molecule has 1 N–H and O–H groups in total. The summed E-state index contributed by atoms with van der Waals surface area (Å²) in [5, 5.41) is 3.43. The van der Waals surface area contributed by atoms with Gasteiger partial charge in [-0.2, -0.15) is 0 Å². The SMILES string of the molecule is Cl.Fc1cncc(CN2CCC3(CCNCC3)C2)c1. The number of hydrogen-bond acceptors (Lipinski definition) is 3. The van der Waals surface area contributed by atoms with Gasteiger partial charge in [-0.3, -0.25) is 9.88 Å². The third-order valence-corrected chi connectivity index (χ3v) is 4.35. The first kappa shape index (κ1) is 14.7. The molecule has 0 atom stereocenters. The maximum Gasteiger partial charge on any atom is 0.141 e. The van der Waals surface area contributed by atoms with Crippen LogP contribution < -0.4 is 5.32 Å². The van der Waals surface area contributed by atoms with Crippen LogP contribution in [0.4, 0.5) is 4.39 Å². The van der Waals surface area contributed by atoms with Gasteiger partial charge in [0, 0.05) is 19.3 Å². The highest BCUT2D eigenvalue weighted by Gasteiger charge is 2.38. The number of piperidine rings is 1. The minimum absolute atomic E-state index is 0. The molecule has 1 aromatic rings. The molecule has 0 unspecified atom stereocenters. The molecule has 5 heteroatoms. The lowest BCUT2D eigenvalue weighted by Gasteiger charge is -2.33. The molecule has 0 aromatic carbocycles. The first-order valence-electron chi connectivity index (χ1n) is 6.78. The van der Waals surface area contributed by atoms with Gasteiger partial charge in [-0.05, 0) is 55.9 Å². The largest absolute Gasteiger partial charge is 0.317 e. The number of hydrogen-bond donors (Lipinski definition) is 1. The molecule has 0 bridgehead atoms. The molecular formula is C14H21ClFN3. The highest BCUT2D eigenvalue weighted by Crippen LogP contribution is 2.38. The Morgan fingerprint density at radius 3 is 2.79 bits per heavy atom. The van der Waals surface area contributed by atoms with E-state index in [1.165, 1.54) is 25.5 Å². The zero-order chi connectivity index (χ0) is 12.4. The van der Waals surface area contributed by atoms with Gasteiger partial charge in [0.15, 0.2) is 0 Å². The highest BCUT2D eigenvalue weighted by molar-refractivity contribution is 5.85. The van der Waals surface area contributed by atoms with Crippen molar-refractivity contribution in [2.75, 3.05) is 26.2 Å². The smallest absolute Gasteiger partial charge is 0.141 e. The molecule has 0 aliphatic carbocycles. The number of pyridine rings is 1. The predicted molar refractivity (Wildman–Crippen MR) is 75.9 cm³/mol. The summed E-state index contributed by atoms with van der Waals surface area (Å²) in [5.74, 6) is -0.233. The van der Waals surface area contributed by atoms with E-state index in [-0.39, 0.29) is 18.2 Å². The molecule has 2 fully saturated rings. The van der Waals surface area contributed by atoms with Gasteiger partial charge >= 0.3 is 0 Å². The molecule has 1 spiro atoms. The zero-order valence-corrected chi connectivity index (χ0v) is 11.9. The van der Waals surface area contributed by atoms with Crippen molar-refractivity contribution >= 4 is 12.4 Å². The van der Waals surface area contributed by atoms with Crippen LogP contribution >= 0.6 is 12.4 Å². The van der Waals surface area contributed by atoms with Crippen LogP contribution in [0.25, 0.3) is 0 Å². The Morgan fingerprint density at radius 2 is 2.05 bits per heavy atom. The molecule has 3 nitrogen and oxygen atoms in total.